The summed E-state index contributed by atoms with van der Waals surface area (Å²) in [5, 5.41) is 4.75. The van der Waals surface area contributed by atoms with E-state index in [0.717, 1.165) is 31.2 Å². The maximum absolute atomic E-state index is 12.7. The van der Waals surface area contributed by atoms with E-state index in [4.69, 9.17) is 11.6 Å². The van der Waals surface area contributed by atoms with Gasteiger partial charge in [0.1, 0.15) is 0 Å². The van der Waals surface area contributed by atoms with E-state index in [0.29, 0.717) is 17.3 Å². The molecular formula is C18H18ClN3O2. The Kier molecular flexibility index (Phi) is 3.88. The van der Waals surface area contributed by atoms with E-state index < -0.39 is 0 Å². The van der Waals surface area contributed by atoms with Gasteiger partial charge in [0.15, 0.2) is 0 Å². The Hall–Kier alpha value is -2.14. The molecule has 2 heterocycles. The molecule has 0 radical (unpaired) electrons. The summed E-state index contributed by atoms with van der Waals surface area (Å²) in [5.74, 6) is -0.326. The number of imide groups is 1. The van der Waals surface area contributed by atoms with Crippen LogP contribution in [0.5, 0.6) is 0 Å². The van der Waals surface area contributed by atoms with Crippen molar-refractivity contribution in [1.29, 1.82) is 0 Å². The van der Waals surface area contributed by atoms with Crippen molar-refractivity contribution in [1.82, 2.24) is 9.78 Å². The molecular weight excluding hydrogens is 326 g/mol. The maximum Gasteiger partial charge on any atom is 0.237 e. The predicted molar refractivity (Wildman–Crippen MR) is 90.7 cm³/mol. The van der Waals surface area contributed by atoms with Crippen molar-refractivity contribution in [2.75, 3.05) is 4.90 Å². The van der Waals surface area contributed by atoms with Gasteiger partial charge in [-0.25, -0.2) is 0 Å². The molecule has 2 amide bonds. The first kappa shape index (κ1) is 15.4. The molecule has 0 bridgehead atoms. The van der Waals surface area contributed by atoms with Gasteiger partial charge in [-0.1, -0.05) is 36.6 Å². The van der Waals surface area contributed by atoms with Crippen LogP contribution in [0.1, 0.15) is 31.2 Å². The molecule has 2 atom stereocenters. The molecule has 1 aliphatic carbocycles. The van der Waals surface area contributed by atoms with Gasteiger partial charge < -0.3 is 0 Å². The Morgan fingerprint density at radius 2 is 1.83 bits per heavy atom. The zero-order valence-corrected chi connectivity index (χ0v) is 13.9. The van der Waals surface area contributed by atoms with Gasteiger partial charge in [0.2, 0.25) is 11.8 Å². The first-order chi connectivity index (χ1) is 11.6. The zero-order chi connectivity index (χ0) is 16.7. The normalized spacial score (nSPS) is 23.6. The summed E-state index contributed by atoms with van der Waals surface area (Å²) in [5.41, 5.74) is 1.64. The summed E-state index contributed by atoms with van der Waals surface area (Å²) in [6.07, 6.45) is 7.06. The van der Waals surface area contributed by atoms with Crippen molar-refractivity contribution in [2.24, 2.45) is 11.8 Å². The van der Waals surface area contributed by atoms with Gasteiger partial charge in [-0.2, -0.15) is 5.10 Å². The van der Waals surface area contributed by atoms with Crippen molar-refractivity contribution in [3.05, 3.63) is 47.2 Å². The van der Waals surface area contributed by atoms with Crippen LogP contribution in [-0.4, -0.2) is 21.6 Å². The lowest BCUT2D eigenvalue weighted by Crippen LogP contribution is -2.30. The number of halogens is 1. The highest BCUT2D eigenvalue weighted by molar-refractivity contribution is 6.30. The lowest BCUT2D eigenvalue weighted by atomic mass is 9.81. The van der Waals surface area contributed by atoms with Gasteiger partial charge in [0.05, 0.1) is 35.3 Å². The summed E-state index contributed by atoms with van der Waals surface area (Å²) in [6.45, 7) is 0.545. The second-order valence-corrected chi connectivity index (χ2v) is 6.97. The van der Waals surface area contributed by atoms with Crippen LogP contribution in [-0.2, 0) is 16.1 Å². The first-order valence-corrected chi connectivity index (χ1v) is 8.66. The third-order valence-corrected chi connectivity index (χ3v) is 5.15. The molecule has 5 nitrogen and oxygen atoms in total. The number of amides is 2. The molecule has 24 heavy (non-hydrogen) atoms. The molecule has 1 aromatic heterocycles. The number of carbonyl (C=O) groups excluding carboxylic acids is 2. The third-order valence-electron chi connectivity index (χ3n) is 4.96. The standard InChI is InChI=1S/C18H18ClN3O2/c19-13-9-20-21(11-13)10-12-4-3-5-14(8-12)22-17(23)15-6-1-2-7-16(15)18(22)24/h3-5,8-9,11,15-16H,1-2,6-7,10H2/t15-,16-/m1/s1. The number of fused-ring (bicyclic) bond motifs is 1. The van der Waals surface area contributed by atoms with Crippen molar-refractivity contribution in [3.63, 3.8) is 0 Å². The fraction of sp³-hybridized carbons (Fsp3) is 0.389. The monoisotopic (exact) mass is 343 g/mol. The molecule has 0 spiro atoms. The molecule has 0 N–H and O–H groups in total. The molecule has 124 valence electrons. The van der Waals surface area contributed by atoms with Crippen molar-refractivity contribution in [2.45, 2.75) is 32.2 Å². The van der Waals surface area contributed by atoms with Crippen LogP contribution in [0.15, 0.2) is 36.7 Å². The number of anilines is 1. The highest BCUT2D eigenvalue weighted by Crippen LogP contribution is 2.40. The lowest BCUT2D eigenvalue weighted by Gasteiger charge is -2.19. The van der Waals surface area contributed by atoms with Crippen molar-refractivity contribution >= 4 is 29.1 Å². The highest BCUT2D eigenvalue weighted by Gasteiger charge is 2.48. The number of hydrogen-bond donors (Lipinski definition) is 0. The van der Waals surface area contributed by atoms with E-state index in [2.05, 4.69) is 5.10 Å². The fourth-order valence-corrected chi connectivity index (χ4v) is 3.98. The van der Waals surface area contributed by atoms with Gasteiger partial charge in [0, 0.05) is 6.20 Å². The number of hydrogen-bond acceptors (Lipinski definition) is 3. The molecule has 2 aliphatic rings. The van der Waals surface area contributed by atoms with Crippen LogP contribution in [0, 0.1) is 11.8 Å². The quantitative estimate of drug-likeness (QED) is 0.804. The van der Waals surface area contributed by atoms with Crippen LogP contribution < -0.4 is 4.90 Å². The van der Waals surface area contributed by atoms with E-state index in [9.17, 15) is 9.59 Å². The summed E-state index contributed by atoms with van der Waals surface area (Å²) >= 11 is 5.89. The molecule has 1 aromatic carbocycles. The minimum Gasteiger partial charge on any atom is -0.274 e. The molecule has 2 fully saturated rings. The average molecular weight is 344 g/mol. The third kappa shape index (κ3) is 2.63. The van der Waals surface area contributed by atoms with Crippen LogP contribution in [0.25, 0.3) is 0 Å². The topological polar surface area (TPSA) is 55.2 Å². The zero-order valence-electron chi connectivity index (χ0n) is 13.2. The van der Waals surface area contributed by atoms with Gasteiger partial charge in [0.25, 0.3) is 0 Å². The SMILES string of the molecule is O=C1[C@@H]2CCCC[C@H]2C(=O)N1c1cccc(Cn2cc(Cl)cn2)c1. The Morgan fingerprint density at radius 3 is 2.46 bits per heavy atom. The summed E-state index contributed by atoms with van der Waals surface area (Å²) in [7, 11) is 0. The van der Waals surface area contributed by atoms with Crippen molar-refractivity contribution < 1.29 is 9.59 Å². The molecule has 6 heteroatoms. The molecule has 4 rings (SSSR count). The van der Waals surface area contributed by atoms with Gasteiger partial charge in [-0.15, -0.1) is 0 Å². The molecule has 1 aliphatic heterocycles. The highest BCUT2D eigenvalue weighted by atomic mass is 35.5. The largest absolute Gasteiger partial charge is 0.274 e. The van der Waals surface area contributed by atoms with Crippen LogP contribution in [0.3, 0.4) is 0 Å². The van der Waals surface area contributed by atoms with E-state index in [1.54, 1.807) is 17.1 Å². The lowest BCUT2D eigenvalue weighted by molar-refractivity contribution is -0.122. The van der Waals surface area contributed by atoms with Crippen LogP contribution >= 0.6 is 11.6 Å². The predicted octanol–water partition coefficient (Wildman–Crippen LogP) is 3.26. The number of nitrogens with zero attached hydrogens (tertiary/aromatic N) is 3. The summed E-state index contributed by atoms with van der Waals surface area (Å²) in [6, 6.07) is 7.55. The molecule has 1 saturated carbocycles. The second-order valence-electron chi connectivity index (χ2n) is 6.54. The number of benzene rings is 1. The van der Waals surface area contributed by atoms with E-state index in [1.165, 1.54) is 4.90 Å². The van der Waals surface area contributed by atoms with Gasteiger partial charge in [-0.05, 0) is 30.5 Å². The van der Waals surface area contributed by atoms with E-state index in [-0.39, 0.29) is 23.7 Å². The number of carbonyl (C=O) groups is 2. The van der Waals surface area contributed by atoms with E-state index >= 15 is 0 Å². The Morgan fingerprint density at radius 1 is 1.12 bits per heavy atom. The van der Waals surface area contributed by atoms with Gasteiger partial charge in [-0.3, -0.25) is 19.2 Å². The molecule has 0 unspecified atom stereocenters. The minimum atomic E-state index is -0.125. The average Bonchev–Trinajstić information content (AvgIpc) is 3.10. The van der Waals surface area contributed by atoms with Gasteiger partial charge >= 0.3 is 0 Å². The Bertz CT molecular complexity index is 777. The second kappa shape index (κ2) is 6.06. The minimum absolute atomic E-state index is 0.0380. The smallest absolute Gasteiger partial charge is 0.237 e. The summed E-state index contributed by atoms with van der Waals surface area (Å²) in [4.78, 5) is 26.8. The molecule has 1 saturated heterocycles. The first-order valence-electron chi connectivity index (χ1n) is 8.28. The number of aromatic nitrogens is 2. The molecule has 2 aromatic rings. The fourth-order valence-electron chi connectivity index (χ4n) is 3.82. The van der Waals surface area contributed by atoms with Crippen LogP contribution in [0.4, 0.5) is 5.69 Å². The summed E-state index contributed by atoms with van der Waals surface area (Å²) < 4.78 is 1.73. The number of rotatable bonds is 3. The van der Waals surface area contributed by atoms with E-state index in [1.807, 2.05) is 24.3 Å². The van der Waals surface area contributed by atoms with Crippen LogP contribution in [0.2, 0.25) is 5.02 Å². The van der Waals surface area contributed by atoms with Crippen molar-refractivity contribution in [3.8, 4) is 0 Å². The Balaban J connectivity index is 1.61. The Labute approximate surface area is 145 Å². The maximum atomic E-state index is 12.7.